The SMILES string of the molecule is CNc1nc(Nc2ccc(N3CCC(N4CCN(C)CC4)CC3)cc2OC)nc(Nc2ccccc2P(C)(C)=O)c1Cl. The van der Waals surface area contributed by atoms with Crippen LogP contribution in [0.3, 0.4) is 0 Å². The van der Waals surface area contributed by atoms with Gasteiger partial charge in [0.2, 0.25) is 5.95 Å². The van der Waals surface area contributed by atoms with Gasteiger partial charge < -0.3 is 35.1 Å². The van der Waals surface area contributed by atoms with E-state index in [-0.39, 0.29) is 0 Å². The predicted molar refractivity (Wildman–Crippen MR) is 176 cm³/mol. The summed E-state index contributed by atoms with van der Waals surface area (Å²) in [6, 6.07) is 14.3. The summed E-state index contributed by atoms with van der Waals surface area (Å²) in [5.41, 5.74) is 2.58. The quantitative estimate of drug-likeness (QED) is 0.282. The van der Waals surface area contributed by atoms with E-state index >= 15 is 0 Å². The van der Waals surface area contributed by atoms with Crippen LogP contribution in [0.5, 0.6) is 5.75 Å². The van der Waals surface area contributed by atoms with Crippen LogP contribution in [0.25, 0.3) is 0 Å². The fraction of sp³-hybridized carbons (Fsp3) is 0.467. The molecule has 0 amide bonds. The molecule has 12 heteroatoms. The van der Waals surface area contributed by atoms with Crippen molar-refractivity contribution in [2.75, 3.05) is 94.7 Å². The van der Waals surface area contributed by atoms with E-state index in [1.807, 2.05) is 30.3 Å². The number of rotatable bonds is 9. The summed E-state index contributed by atoms with van der Waals surface area (Å²) in [6.45, 7) is 10.2. The molecule has 0 unspecified atom stereocenters. The number of hydrogen-bond donors (Lipinski definition) is 3. The molecule has 0 spiro atoms. The van der Waals surface area contributed by atoms with Gasteiger partial charge in [0.15, 0.2) is 11.6 Å². The lowest BCUT2D eigenvalue weighted by Gasteiger charge is -2.42. The first kappa shape index (κ1) is 30.4. The van der Waals surface area contributed by atoms with Crippen molar-refractivity contribution in [3.8, 4) is 5.75 Å². The summed E-state index contributed by atoms with van der Waals surface area (Å²) in [7, 11) is 3.09. The number of halogens is 1. The van der Waals surface area contributed by atoms with E-state index in [1.165, 1.54) is 25.9 Å². The molecular formula is C30H42ClN8O2P. The Morgan fingerprint density at radius 2 is 1.62 bits per heavy atom. The fourth-order valence-corrected chi connectivity index (χ4v) is 7.09. The van der Waals surface area contributed by atoms with Gasteiger partial charge >= 0.3 is 0 Å². The number of methoxy groups -OCH3 is 1. The molecule has 2 saturated heterocycles. The molecule has 2 aliphatic rings. The summed E-state index contributed by atoms with van der Waals surface area (Å²) >= 11 is 6.65. The van der Waals surface area contributed by atoms with E-state index < -0.39 is 7.14 Å². The number of hydrogen-bond acceptors (Lipinski definition) is 10. The Morgan fingerprint density at radius 3 is 2.29 bits per heavy atom. The Kier molecular flexibility index (Phi) is 9.47. The summed E-state index contributed by atoms with van der Waals surface area (Å²) < 4.78 is 18.7. The van der Waals surface area contributed by atoms with Crippen molar-refractivity contribution in [3.05, 3.63) is 47.5 Å². The van der Waals surface area contributed by atoms with Crippen molar-refractivity contribution in [1.82, 2.24) is 19.8 Å². The zero-order chi connectivity index (χ0) is 29.9. The van der Waals surface area contributed by atoms with E-state index in [2.05, 4.69) is 59.8 Å². The highest BCUT2D eigenvalue weighted by Crippen LogP contribution is 2.40. The molecule has 0 radical (unpaired) electrons. The molecule has 3 heterocycles. The third kappa shape index (κ3) is 6.94. The van der Waals surface area contributed by atoms with Crippen molar-refractivity contribution >= 4 is 58.7 Å². The van der Waals surface area contributed by atoms with Gasteiger partial charge in [0.05, 0.1) is 18.5 Å². The van der Waals surface area contributed by atoms with Crippen LogP contribution in [0.1, 0.15) is 12.8 Å². The van der Waals surface area contributed by atoms with Crippen LogP contribution >= 0.6 is 18.7 Å². The standard InChI is InChI=1S/C30H42ClN8O2P/c1-32-28-27(31)29(33-24-8-6-7-9-26(24)42(4,5)40)36-30(35-28)34-23-11-10-22(20-25(23)41-3)38-14-12-21(13-15-38)39-18-16-37(2)17-19-39/h6-11,20-21H,12-19H2,1-5H3,(H3,32,33,34,35,36). The predicted octanol–water partition coefficient (Wildman–Crippen LogP) is 5.13. The Balaban J connectivity index is 1.32. The number of ether oxygens (including phenoxy) is 1. The average Bonchev–Trinajstić information content (AvgIpc) is 2.99. The van der Waals surface area contributed by atoms with Crippen molar-refractivity contribution in [1.29, 1.82) is 0 Å². The maximum atomic E-state index is 12.9. The first-order valence-electron chi connectivity index (χ1n) is 14.5. The maximum absolute atomic E-state index is 12.9. The van der Waals surface area contributed by atoms with Crippen molar-refractivity contribution in [2.45, 2.75) is 18.9 Å². The molecule has 0 atom stereocenters. The normalized spacial score (nSPS) is 17.2. The molecule has 0 bridgehead atoms. The number of aromatic nitrogens is 2. The van der Waals surface area contributed by atoms with Crippen molar-refractivity contribution < 1.29 is 9.30 Å². The van der Waals surface area contributed by atoms with E-state index in [0.717, 1.165) is 42.9 Å². The van der Waals surface area contributed by atoms with Crippen LogP contribution in [0, 0.1) is 0 Å². The molecular weight excluding hydrogens is 571 g/mol. The van der Waals surface area contributed by atoms with Crippen molar-refractivity contribution in [2.24, 2.45) is 0 Å². The Morgan fingerprint density at radius 1 is 0.929 bits per heavy atom. The Labute approximate surface area is 254 Å². The van der Waals surface area contributed by atoms with Gasteiger partial charge in [0.25, 0.3) is 0 Å². The lowest BCUT2D eigenvalue weighted by Crippen LogP contribution is -2.52. The molecule has 0 saturated carbocycles. The highest BCUT2D eigenvalue weighted by molar-refractivity contribution is 7.70. The molecule has 3 N–H and O–H groups in total. The second-order valence-corrected chi connectivity index (χ2v) is 14.9. The second-order valence-electron chi connectivity index (χ2n) is 11.4. The van der Waals surface area contributed by atoms with Crippen LogP contribution in [0.15, 0.2) is 42.5 Å². The summed E-state index contributed by atoms with van der Waals surface area (Å²) in [5, 5.41) is 10.7. The lowest BCUT2D eigenvalue weighted by atomic mass is 10.0. The molecule has 5 rings (SSSR count). The highest BCUT2D eigenvalue weighted by Gasteiger charge is 2.27. The van der Waals surface area contributed by atoms with Gasteiger partial charge in [-0.05, 0) is 57.5 Å². The number of benzene rings is 2. The number of nitrogens with zero attached hydrogens (tertiary/aromatic N) is 5. The highest BCUT2D eigenvalue weighted by atomic mass is 35.5. The zero-order valence-corrected chi connectivity index (χ0v) is 26.8. The number of para-hydroxylation sites is 1. The van der Waals surface area contributed by atoms with Crippen LogP contribution < -0.4 is 30.9 Å². The molecule has 226 valence electrons. The van der Waals surface area contributed by atoms with E-state index in [4.69, 9.17) is 16.3 Å². The minimum absolute atomic E-state index is 0.335. The molecule has 2 fully saturated rings. The Hall–Kier alpha value is -3.04. The molecule has 2 aromatic carbocycles. The van der Waals surface area contributed by atoms with Gasteiger partial charge in [0, 0.05) is 69.4 Å². The summed E-state index contributed by atoms with van der Waals surface area (Å²) in [4.78, 5) is 16.8. The van der Waals surface area contributed by atoms with Gasteiger partial charge in [-0.3, -0.25) is 4.90 Å². The van der Waals surface area contributed by atoms with Gasteiger partial charge in [-0.15, -0.1) is 0 Å². The van der Waals surface area contributed by atoms with E-state index in [0.29, 0.717) is 40.1 Å². The molecule has 1 aromatic heterocycles. The van der Waals surface area contributed by atoms with Crippen LogP contribution in [0.2, 0.25) is 5.02 Å². The fourth-order valence-electron chi connectivity index (χ4n) is 5.70. The minimum Gasteiger partial charge on any atom is -0.494 e. The lowest BCUT2D eigenvalue weighted by molar-refractivity contribution is 0.0982. The largest absolute Gasteiger partial charge is 0.494 e. The third-order valence-corrected chi connectivity index (χ3v) is 10.0. The van der Waals surface area contributed by atoms with Gasteiger partial charge in [-0.2, -0.15) is 9.97 Å². The minimum atomic E-state index is -2.54. The number of likely N-dealkylation sites (N-methyl/N-ethyl adjacent to an activating group) is 1. The monoisotopic (exact) mass is 612 g/mol. The van der Waals surface area contributed by atoms with Crippen molar-refractivity contribution in [3.63, 3.8) is 0 Å². The zero-order valence-electron chi connectivity index (χ0n) is 25.2. The number of piperazine rings is 1. The molecule has 10 nitrogen and oxygen atoms in total. The average molecular weight is 613 g/mol. The van der Waals surface area contributed by atoms with Gasteiger partial charge in [0.1, 0.15) is 17.9 Å². The van der Waals surface area contributed by atoms with Gasteiger partial charge in [-0.1, -0.05) is 23.7 Å². The first-order valence-corrected chi connectivity index (χ1v) is 17.4. The molecule has 2 aliphatic heterocycles. The maximum Gasteiger partial charge on any atom is 0.231 e. The first-order chi connectivity index (χ1) is 20.2. The van der Waals surface area contributed by atoms with Crippen LogP contribution in [-0.4, -0.2) is 99.6 Å². The van der Waals surface area contributed by atoms with Crippen LogP contribution in [-0.2, 0) is 4.57 Å². The molecule has 42 heavy (non-hydrogen) atoms. The number of anilines is 6. The summed E-state index contributed by atoms with van der Waals surface area (Å²) in [6.07, 6.45) is 2.34. The third-order valence-electron chi connectivity index (χ3n) is 8.14. The Bertz CT molecular complexity index is 1430. The number of piperidine rings is 1. The van der Waals surface area contributed by atoms with E-state index in [1.54, 1.807) is 27.5 Å². The second kappa shape index (κ2) is 13.1. The van der Waals surface area contributed by atoms with Gasteiger partial charge in [-0.25, -0.2) is 0 Å². The number of nitrogens with one attached hydrogen (secondary N) is 3. The van der Waals surface area contributed by atoms with Crippen LogP contribution in [0.4, 0.5) is 34.6 Å². The topological polar surface area (TPSA) is 97.9 Å². The molecule has 3 aromatic rings. The van der Waals surface area contributed by atoms with E-state index in [9.17, 15) is 4.57 Å². The summed E-state index contributed by atoms with van der Waals surface area (Å²) in [5.74, 6) is 1.91. The molecule has 0 aliphatic carbocycles. The smallest absolute Gasteiger partial charge is 0.231 e.